The van der Waals surface area contributed by atoms with E-state index in [1.807, 2.05) is 13.1 Å². The lowest BCUT2D eigenvalue weighted by molar-refractivity contribution is -0.120. The number of carbonyl (C=O) groups excluding carboxylic acids is 1. The third-order valence-electron chi connectivity index (χ3n) is 6.60. The number of aryl methyl sites for hydroxylation is 1. The van der Waals surface area contributed by atoms with E-state index in [0.717, 1.165) is 29.8 Å². The van der Waals surface area contributed by atoms with E-state index in [9.17, 15) is 4.79 Å². The van der Waals surface area contributed by atoms with Crippen LogP contribution in [-0.2, 0) is 24.7 Å². The monoisotopic (exact) mass is 459 g/mol. The van der Waals surface area contributed by atoms with Crippen LogP contribution in [0.1, 0.15) is 30.4 Å². The standard InChI is InChI=1S/C24H29N9O/c1-33-21(11-22(32-33)30-23(34)16-6-7-20(31-26)19(25)10-16)17-12-27-24(28-13-17)29-18-8-14-4-2-3-5-15(14)9-18/h2-5,11-13,16,18,31H,6-10,25-26H2,1H3,(H,27,28,29)(H,30,32,34)/t16-/m0/s1. The molecule has 0 spiro atoms. The quantitative estimate of drug-likeness (QED) is 0.277. The number of benzene rings is 1. The number of aromatic nitrogens is 4. The van der Waals surface area contributed by atoms with Gasteiger partial charge >= 0.3 is 0 Å². The molecule has 10 heteroatoms. The fourth-order valence-corrected chi connectivity index (χ4v) is 4.76. The van der Waals surface area contributed by atoms with Gasteiger partial charge in [-0.25, -0.2) is 9.97 Å². The SMILES string of the molecule is Cn1nc(NC(=O)[C@H]2CCC(NN)=C(N)C2)cc1-c1cnc(NC2Cc3ccccc3C2)nc1. The first kappa shape index (κ1) is 21.9. The molecule has 2 heterocycles. The Balaban J connectivity index is 1.22. The van der Waals surface area contributed by atoms with Gasteiger partial charge in [0.1, 0.15) is 0 Å². The summed E-state index contributed by atoms with van der Waals surface area (Å²) in [4.78, 5) is 21.7. The summed E-state index contributed by atoms with van der Waals surface area (Å²) in [6.07, 6.45) is 7.29. The molecule has 3 aromatic rings. The Labute approximate surface area is 197 Å². The third-order valence-corrected chi connectivity index (χ3v) is 6.60. The van der Waals surface area contributed by atoms with Crippen LogP contribution in [0.3, 0.4) is 0 Å². The number of nitrogens with zero attached hydrogens (tertiary/aromatic N) is 4. The van der Waals surface area contributed by atoms with Crippen molar-refractivity contribution in [3.8, 4) is 11.3 Å². The van der Waals surface area contributed by atoms with Crippen LogP contribution in [0.25, 0.3) is 11.3 Å². The van der Waals surface area contributed by atoms with Crippen LogP contribution in [-0.4, -0.2) is 31.7 Å². The lowest BCUT2D eigenvalue weighted by Crippen LogP contribution is -2.33. The maximum atomic E-state index is 12.7. The van der Waals surface area contributed by atoms with Crippen molar-refractivity contribution in [3.05, 3.63) is 65.2 Å². The van der Waals surface area contributed by atoms with Gasteiger partial charge < -0.3 is 21.8 Å². The van der Waals surface area contributed by atoms with Crippen LogP contribution in [0.15, 0.2) is 54.1 Å². The molecule has 1 aromatic carbocycles. The fraction of sp³-hybridized carbons (Fsp3) is 0.333. The second kappa shape index (κ2) is 9.14. The minimum atomic E-state index is -0.210. The Bertz CT molecular complexity index is 1210. The molecule has 176 valence electrons. The first-order valence-corrected chi connectivity index (χ1v) is 11.4. The van der Waals surface area contributed by atoms with E-state index in [2.05, 4.69) is 55.4 Å². The van der Waals surface area contributed by atoms with Crippen molar-refractivity contribution in [3.63, 3.8) is 0 Å². The van der Waals surface area contributed by atoms with Crippen molar-refractivity contribution in [2.45, 2.75) is 38.1 Å². The number of allylic oxidation sites excluding steroid dienone is 2. The number of hydrazine groups is 1. The summed E-state index contributed by atoms with van der Waals surface area (Å²) in [6.45, 7) is 0. The summed E-state index contributed by atoms with van der Waals surface area (Å²) in [7, 11) is 1.83. The normalized spacial score (nSPS) is 18.0. The number of nitrogens with two attached hydrogens (primary N) is 2. The van der Waals surface area contributed by atoms with Gasteiger partial charge in [0.25, 0.3) is 0 Å². The topological polar surface area (TPSA) is 149 Å². The number of hydrogen-bond donors (Lipinski definition) is 5. The smallest absolute Gasteiger partial charge is 0.229 e. The summed E-state index contributed by atoms with van der Waals surface area (Å²) in [5.74, 6) is 6.24. The maximum Gasteiger partial charge on any atom is 0.229 e. The van der Waals surface area contributed by atoms with Gasteiger partial charge in [-0.05, 0) is 36.8 Å². The summed E-state index contributed by atoms with van der Waals surface area (Å²) in [5.41, 5.74) is 14.5. The average Bonchev–Trinajstić information content (AvgIpc) is 3.41. The van der Waals surface area contributed by atoms with Crippen LogP contribution in [0, 0.1) is 5.92 Å². The van der Waals surface area contributed by atoms with Crippen LogP contribution >= 0.6 is 0 Å². The molecular formula is C24H29N9O. The molecule has 10 nitrogen and oxygen atoms in total. The Morgan fingerprint density at radius 2 is 1.82 bits per heavy atom. The molecule has 2 aliphatic rings. The van der Waals surface area contributed by atoms with Crippen LogP contribution in [0.5, 0.6) is 0 Å². The second-order valence-electron chi connectivity index (χ2n) is 8.93. The second-order valence-corrected chi connectivity index (χ2v) is 8.93. The molecule has 0 saturated carbocycles. The van der Waals surface area contributed by atoms with Gasteiger partial charge in [0.2, 0.25) is 11.9 Å². The maximum absolute atomic E-state index is 12.7. The van der Waals surface area contributed by atoms with Gasteiger partial charge in [-0.3, -0.25) is 15.3 Å². The zero-order valence-corrected chi connectivity index (χ0v) is 19.1. The van der Waals surface area contributed by atoms with E-state index in [1.165, 1.54) is 11.1 Å². The molecule has 0 unspecified atom stereocenters. The predicted molar refractivity (Wildman–Crippen MR) is 130 cm³/mol. The molecule has 7 N–H and O–H groups in total. The number of carbonyl (C=O) groups is 1. The lowest BCUT2D eigenvalue weighted by Gasteiger charge is -2.23. The van der Waals surface area contributed by atoms with Gasteiger partial charge in [-0.15, -0.1) is 0 Å². The molecule has 5 rings (SSSR count). The van der Waals surface area contributed by atoms with Crippen molar-refractivity contribution in [1.82, 2.24) is 25.2 Å². The Hall–Kier alpha value is -3.92. The van der Waals surface area contributed by atoms with Gasteiger partial charge in [0.15, 0.2) is 5.82 Å². The molecule has 0 fully saturated rings. The van der Waals surface area contributed by atoms with E-state index in [4.69, 9.17) is 11.6 Å². The zero-order chi connectivity index (χ0) is 23.7. The van der Waals surface area contributed by atoms with Crippen molar-refractivity contribution < 1.29 is 4.79 Å². The number of rotatable bonds is 6. The van der Waals surface area contributed by atoms with E-state index in [0.29, 0.717) is 42.8 Å². The minimum absolute atomic E-state index is 0.1000. The van der Waals surface area contributed by atoms with Crippen molar-refractivity contribution in [1.29, 1.82) is 0 Å². The number of hydrogen-bond acceptors (Lipinski definition) is 8. The lowest BCUT2D eigenvalue weighted by atomic mass is 9.89. The third kappa shape index (κ3) is 4.44. The molecule has 0 radical (unpaired) electrons. The molecule has 2 aromatic heterocycles. The van der Waals surface area contributed by atoms with Crippen LogP contribution in [0.4, 0.5) is 11.8 Å². The highest BCUT2D eigenvalue weighted by Gasteiger charge is 2.26. The first-order valence-electron chi connectivity index (χ1n) is 11.4. The Morgan fingerprint density at radius 1 is 1.12 bits per heavy atom. The summed E-state index contributed by atoms with van der Waals surface area (Å²) in [5, 5.41) is 10.8. The van der Waals surface area contributed by atoms with Crippen molar-refractivity contribution in [2.75, 3.05) is 10.6 Å². The molecule has 2 aliphatic carbocycles. The molecule has 0 aliphatic heterocycles. The average molecular weight is 460 g/mol. The first-order chi connectivity index (χ1) is 16.5. The summed E-state index contributed by atoms with van der Waals surface area (Å²) >= 11 is 0. The molecule has 34 heavy (non-hydrogen) atoms. The van der Waals surface area contributed by atoms with E-state index in [1.54, 1.807) is 17.1 Å². The van der Waals surface area contributed by atoms with Gasteiger partial charge in [-0.2, -0.15) is 5.10 Å². The minimum Gasteiger partial charge on any atom is -0.401 e. The predicted octanol–water partition coefficient (Wildman–Crippen LogP) is 1.83. The summed E-state index contributed by atoms with van der Waals surface area (Å²) in [6, 6.07) is 10.6. The molecule has 1 amide bonds. The number of nitrogens with one attached hydrogen (secondary N) is 3. The highest BCUT2D eigenvalue weighted by atomic mass is 16.2. The van der Waals surface area contributed by atoms with Gasteiger partial charge in [0.05, 0.1) is 5.69 Å². The molecule has 0 saturated heterocycles. The Kier molecular flexibility index (Phi) is 5.89. The van der Waals surface area contributed by atoms with E-state index < -0.39 is 0 Å². The van der Waals surface area contributed by atoms with E-state index >= 15 is 0 Å². The Morgan fingerprint density at radius 3 is 2.47 bits per heavy atom. The van der Waals surface area contributed by atoms with Crippen LogP contribution < -0.4 is 27.6 Å². The van der Waals surface area contributed by atoms with E-state index in [-0.39, 0.29) is 11.8 Å². The number of fused-ring (bicyclic) bond motifs is 1. The highest BCUT2D eigenvalue weighted by Crippen LogP contribution is 2.28. The van der Waals surface area contributed by atoms with Crippen molar-refractivity contribution >= 4 is 17.7 Å². The fourth-order valence-electron chi connectivity index (χ4n) is 4.76. The molecular weight excluding hydrogens is 430 g/mol. The van der Waals surface area contributed by atoms with Gasteiger partial charge in [0, 0.05) is 60.8 Å². The number of anilines is 2. The summed E-state index contributed by atoms with van der Waals surface area (Å²) < 4.78 is 1.71. The van der Waals surface area contributed by atoms with Crippen LogP contribution in [0.2, 0.25) is 0 Å². The molecule has 1 atom stereocenters. The van der Waals surface area contributed by atoms with Crippen molar-refractivity contribution in [2.24, 2.45) is 24.5 Å². The zero-order valence-electron chi connectivity index (χ0n) is 19.1. The van der Waals surface area contributed by atoms with Gasteiger partial charge in [-0.1, -0.05) is 24.3 Å². The molecule has 0 bridgehead atoms. The highest BCUT2D eigenvalue weighted by molar-refractivity contribution is 5.92. The number of amides is 1. The largest absolute Gasteiger partial charge is 0.401 e.